The van der Waals surface area contributed by atoms with E-state index in [1.807, 2.05) is 11.9 Å². The van der Waals surface area contributed by atoms with Gasteiger partial charge in [-0.25, -0.2) is 0 Å². The maximum atomic E-state index is 11.2. The van der Waals surface area contributed by atoms with E-state index in [-0.39, 0.29) is 18.6 Å². The number of hydrogen-bond donors (Lipinski definition) is 1. The number of fused-ring (bicyclic) bond motifs is 1. The lowest BCUT2D eigenvalue weighted by Crippen LogP contribution is -2.59. The number of piperidine rings is 1. The van der Waals surface area contributed by atoms with Crippen LogP contribution in [0.4, 0.5) is 0 Å². The second-order valence-electron chi connectivity index (χ2n) is 3.41. The fraction of sp³-hybridized carbons (Fsp3) is 0.875. The van der Waals surface area contributed by atoms with E-state index >= 15 is 0 Å². The first-order chi connectivity index (χ1) is 5.79. The molecule has 0 unspecified atom stereocenters. The van der Waals surface area contributed by atoms with Crippen molar-refractivity contribution in [1.82, 2.24) is 10.2 Å². The molecule has 0 radical (unpaired) electrons. The van der Waals surface area contributed by atoms with Crippen LogP contribution >= 0.6 is 0 Å². The fourth-order valence-electron chi connectivity index (χ4n) is 1.89. The minimum Gasteiger partial charge on any atom is -0.365 e. The average Bonchev–Trinajstić information content (AvgIpc) is 2.12. The Morgan fingerprint density at radius 3 is 3.33 bits per heavy atom. The molecule has 2 heterocycles. The Bertz CT molecular complexity index is 195. The summed E-state index contributed by atoms with van der Waals surface area (Å²) < 4.78 is 5.41. The van der Waals surface area contributed by atoms with Gasteiger partial charge in [-0.3, -0.25) is 4.79 Å². The van der Waals surface area contributed by atoms with E-state index in [1.165, 1.54) is 0 Å². The van der Waals surface area contributed by atoms with Gasteiger partial charge in [-0.1, -0.05) is 0 Å². The lowest BCUT2D eigenvalue weighted by Gasteiger charge is -2.41. The molecular weight excluding hydrogens is 156 g/mol. The van der Waals surface area contributed by atoms with Crippen molar-refractivity contribution < 1.29 is 9.53 Å². The lowest BCUT2D eigenvalue weighted by molar-refractivity contribution is -0.156. The average molecular weight is 170 g/mol. The minimum atomic E-state index is 0.109. The maximum Gasteiger partial charge on any atom is 0.248 e. The van der Waals surface area contributed by atoms with Crippen molar-refractivity contribution in [3.05, 3.63) is 0 Å². The van der Waals surface area contributed by atoms with Gasteiger partial charge in [0.25, 0.3) is 0 Å². The molecule has 1 N–H and O–H groups in total. The standard InChI is InChI=1S/C8H14N2O2/c1-10-6-2-3-9-4-7(6)12-5-8(10)11/h6-7,9H,2-5H2,1H3/t6-,7+/m1/s1. The van der Waals surface area contributed by atoms with E-state index in [2.05, 4.69) is 5.32 Å². The molecule has 0 saturated carbocycles. The molecule has 0 aliphatic carbocycles. The summed E-state index contributed by atoms with van der Waals surface area (Å²) in [6.45, 7) is 2.11. The van der Waals surface area contributed by atoms with E-state index in [4.69, 9.17) is 4.74 Å². The Kier molecular flexibility index (Phi) is 2.02. The highest BCUT2D eigenvalue weighted by molar-refractivity contribution is 5.78. The summed E-state index contributed by atoms with van der Waals surface area (Å²) in [5.74, 6) is 0.109. The van der Waals surface area contributed by atoms with Gasteiger partial charge in [-0.15, -0.1) is 0 Å². The van der Waals surface area contributed by atoms with Crippen molar-refractivity contribution >= 4 is 5.91 Å². The van der Waals surface area contributed by atoms with Crippen molar-refractivity contribution in [2.45, 2.75) is 18.6 Å². The molecule has 0 aromatic rings. The molecule has 2 saturated heterocycles. The molecular formula is C8H14N2O2. The SMILES string of the molecule is CN1C(=O)CO[C@H]2CNCC[C@H]21. The number of carbonyl (C=O) groups excluding carboxylic acids is 1. The third-order valence-electron chi connectivity index (χ3n) is 2.70. The van der Waals surface area contributed by atoms with E-state index in [0.29, 0.717) is 6.04 Å². The van der Waals surface area contributed by atoms with Crippen LogP contribution in [0, 0.1) is 0 Å². The third kappa shape index (κ3) is 1.21. The molecule has 4 nitrogen and oxygen atoms in total. The molecule has 0 bridgehead atoms. The monoisotopic (exact) mass is 170 g/mol. The molecule has 1 amide bonds. The highest BCUT2D eigenvalue weighted by Gasteiger charge is 2.35. The summed E-state index contributed by atoms with van der Waals surface area (Å²) in [5, 5.41) is 3.26. The normalized spacial score (nSPS) is 36.4. The number of nitrogens with one attached hydrogen (secondary N) is 1. The van der Waals surface area contributed by atoms with Crippen molar-refractivity contribution in [2.24, 2.45) is 0 Å². The summed E-state index contributed by atoms with van der Waals surface area (Å²) in [6.07, 6.45) is 1.22. The largest absolute Gasteiger partial charge is 0.365 e. The number of ether oxygens (including phenoxy) is 1. The van der Waals surface area contributed by atoms with Crippen LogP contribution < -0.4 is 5.32 Å². The number of hydrogen-bond acceptors (Lipinski definition) is 3. The Morgan fingerprint density at radius 1 is 1.67 bits per heavy atom. The van der Waals surface area contributed by atoms with Crippen LogP contribution in [-0.2, 0) is 9.53 Å². The van der Waals surface area contributed by atoms with Gasteiger partial charge in [0.1, 0.15) is 6.61 Å². The fourth-order valence-corrected chi connectivity index (χ4v) is 1.89. The van der Waals surface area contributed by atoms with Crippen LogP contribution in [0.5, 0.6) is 0 Å². The molecule has 2 rings (SSSR count). The first kappa shape index (κ1) is 8.01. The van der Waals surface area contributed by atoms with E-state index in [9.17, 15) is 4.79 Å². The highest BCUT2D eigenvalue weighted by atomic mass is 16.5. The number of carbonyl (C=O) groups is 1. The lowest BCUT2D eigenvalue weighted by atomic mass is 10.0. The minimum absolute atomic E-state index is 0.109. The number of likely N-dealkylation sites (N-methyl/N-ethyl adjacent to an activating group) is 1. The van der Waals surface area contributed by atoms with E-state index in [1.54, 1.807) is 0 Å². The second kappa shape index (κ2) is 3.03. The van der Waals surface area contributed by atoms with Crippen molar-refractivity contribution in [3.8, 4) is 0 Å². The topological polar surface area (TPSA) is 41.6 Å². The molecule has 0 aromatic heterocycles. The first-order valence-electron chi connectivity index (χ1n) is 4.37. The third-order valence-corrected chi connectivity index (χ3v) is 2.70. The van der Waals surface area contributed by atoms with Crippen LogP contribution in [0.3, 0.4) is 0 Å². The van der Waals surface area contributed by atoms with Crippen molar-refractivity contribution in [1.29, 1.82) is 0 Å². The number of morpholine rings is 1. The van der Waals surface area contributed by atoms with Crippen LogP contribution in [0.15, 0.2) is 0 Å². The van der Waals surface area contributed by atoms with Crippen LogP contribution in [0.2, 0.25) is 0 Å². The summed E-state index contributed by atoms with van der Waals surface area (Å²) in [5.41, 5.74) is 0. The Hall–Kier alpha value is -0.610. The quantitative estimate of drug-likeness (QED) is 0.518. The zero-order valence-corrected chi connectivity index (χ0v) is 7.25. The van der Waals surface area contributed by atoms with Gasteiger partial charge in [-0.2, -0.15) is 0 Å². The van der Waals surface area contributed by atoms with Gasteiger partial charge in [0, 0.05) is 13.6 Å². The Labute approximate surface area is 71.9 Å². The molecule has 68 valence electrons. The second-order valence-corrected chi connectivity index (χ2v) is 3.41. The molecule has 0 aromatic carbocycles. The van der Waals surface area contributed by atoms with Gasteiger partial charge < -0.3 is 15.0 Å². The molecule has 2 atom stereocenters. The summed E-state index contributed by atoms with van der Waals surface area (Å²) in [4.78, 5) is 13.1. The zero-order chi connectivity index (χ0) is 8.55. The first-order valence-corrected chi connectivity index (χ1v) is 4.37. The molecule has 2 fully saturated rings. The van der Waals surface area contributed by atoms with Gasteiger partial charge in [0.05, 0.1) is 12.1 Å². The van der Waals surface area contributed by atoms with Gasteiger partial charge in [0.2, 0.25) is 5.91 Å². The highest BCUT2D eigenvalue weighted by Crippen LogP contribution is 2.18. The van der Waals surface area contributed by atoms with E-state index < -0.39 is 0 Å². The summed E-state index contributed by atoms with van der Waals surface area (Å²) in [6, 6.07) is 0.299. The molecule has 4 heteroatoms. The van der Waals surface area contributed by atoms with Crippen molar-refractivity contribution in [2.75, 3.05) is 26.7 Å². The predicted molar refractivity (Wildman–Crippen MR) is 43.8 cm³/mol. The van der Waals surface area contributed by atoms with Crippen LogP contribution in [-0.4, -0.2) is 49.7 Å². The molecule has 0 spiro atoms. The van der Waals surface area contributed by atoms with Gasteiger partial charge in [0.15, 0.2) is 0 Å². The van der Waals surface area contributed by atoms with E-state index in [0.717, 1.165) is 19.5 Å². The Balaban J connectivity index is 2.08. The smallest absolute Gasteiger partial charge is 0.248 e. The number of amides is 1. The molecule has 2 aliphatic heterocycles. The van der Waals surface area contributed by atoms with Crippen LogP contribution in [0.25, 0.3) is 0 Å². The number of rotatable bonds is 0. The molecule has 12 heavy (non-hydrogen) atoms. The zero-order valence-electron chi connectivity index (χ0n) is 7.25. The Morgan fingerprint density at radius 2 is 2.50 bits per heavy atom. The van der Waals surface area contributed by atoms with Crippen molar-refractivity contribution in [3.63, 3.8) is 0 Å². The maximum absolute atomic E-state index is 11.2. The number of nitrogens with zero attached hydrogens (tertiary/aromatic N) is 1. The van der Waals surface area contributed by atoms with Gasteiger partial charge >= 0.3 is 0 Å². The summed E-state index contributed by atoms with van der Waals surface area (Å²) in [7, 11) is 1.87. The molecule has 2 aliphatic rings. The summed E-state index contributed by atoms with van der Waals surface area (Å²) >= 11 is 0. The van der Waals surface area contributed by atoms with Crippen LogP contribution in [0.1, 0.15) is 6.42 Å². The predicted octanol–water partition coefficient (Wildman–Crippen LogP) is -0.794. The van der Waals surface area contributed by atoms with Gasteiger partial charge in [-0.05, 0) is 13.0 Å².